The van der Waals surface area contributed by atoms with Crippen molar-refractivity contribution in [1.29, 1.82) is 5.26 Å². The summed E-state index contributed by atoms with van der Waals surface area (Å²) < 4.78 is 65.3. The van der Waals surface area contributed by atoms with Crippen molar-refractivity contribution < 1.29 is 27.4 Å². The van der Waals surface area contributed by atoms with Gasteiger partial charge in [-0.1, -0.05) is 17.7 Å². The van der Waals surface area contributed by atoms with Gasteiger partial charge in [-0.3, -0.25) is 4.90 Å². The van der Waals surface area contributed by atoms with Gasteiger partial charge in [0.05, 0.1) is 50.9 Å². The van der Waals surface area contributed by atoms with E-state index in [1.54, 1.807) is 6.20 Å². The van der Waals surface area contributed by atoms with Gasteiger partial charge in [-0.15, -0.1) is 11.3 Å². The Labute approximate surface area is 271 Å². The fourth-order valence-electron chi connectivity index (χ4n) is 7.62. The number of aliphatic imine (C=N–C) groups is 1. The highest BCUT2D eigenvalue weighted by molar-refractivity contribution is 7.23. The molecular formula is C32H30ClF3N6O3S. The zero-order valence-electron chi connectivity index (χ0n) is 24.7. The summed E-state index contributed by atoms with van der Waals surface area (Å²) in [4.78, 5) is 8.77. The fraction of sp³-hybridized carbons (Fsp3) is 0.438. The Hall–Kier alpha value is -3.70. The van der Waals surface area contributed by atoms with Crippen molar-refractivity contribution in [2.24, 2.45) is 4.99 Å². The van der Waals surface area contributed by atoms with Crippen LogP contribution in [0.2, 0.25) is 5.02 Å². The third-order valence-electron chi connectivity index (χ3n) is 9.71. The van der Waals surface area contributed by atoms with Crippen molar-refractivity contribution in [3.63, 3.8) is 0 Å². The zero-order valence-corrected chi connectivity index (χ0v) is 26.2. The molecular weight excluding hydrogens is 641 g/mol. The van der Waals surface area contributed by atoms with Gasteiger partial charge < -0.3 is 30.2 Å². The number of hydrogen-bond donors (Lipinski definition) is 2. The molecule has 8 rings (SSSR count). The highest BCUT2D eigenvalue weighted by atomic mass is 35.5. The number of amidine groups is 1. The second kappa shape index (κ2) is 11.2. The van der Waals surface area contributed by atoms with Crippen LogP contribution in [0.3, 0.4) is 0 Å². The number of hydrogen-bond acceptors (Lipinski definition) is 10. The van der Waals surface area contributed by atoms with Crippen LogP contribution in [0.25, 0.3) is 21.2 Å². The van der Waals surface area contributed by atoms with Gasteiger partial charge >= 0.3 is 5.95 Å². The van der Waals surface area contributed by atoms with E-state index >= 15 is 4.39 Å². The number of halogens is 4. The summed E-state index contributed by atoms with van der Waals surface area (Å²) in [7, 11) is 0. The molecule has 3 atom stereocenters. The summed E-state index contributed by atoms with van der Waals surface area (Å²) >= 11 is 7.94. The minimum atomic E-state index is -0.940. The topological polar surface area (TPSA) is 108 Å². The van der Waals surface area contributed by atoms with Crippen molar-refractivity contribution in [2.45, 2.75) is 49.9 Å². The van der Waals surface area contributed by atoms with Crippen LogP contribution in [0.5, 0.6) is 5.75 Å². The van der Waals surface area contributed by atoms with E-state index in [0.29, 0.717) is 43.3 Å². The Kier molecular flexibility index (Phi) is 7.24. The van der Waals surface area contributed by atoms with Crippen LogP contribution in [0.4, 0.5) is 23.9 Å². The first-order valence-electron chi connectivity index (χ1n) is 15.3. The van der Waals surface area contributed by atoms with Crippen LogP contribution in [-0.4, -0.2) is 73.0 Å². The average molecular weight is 671 g/mol. The number of thiophene rings is 1. The second-order valence-electron chi connectivity index (χ2n) is 12.3. The molecule has 3 fully saturated rings. The Balaban J connectivity index is 1.29. The van der Waals surface area contributed by atoms with E-state index in [0.717, 1.165) is 43.6 Å². The maximum atomic E-state index is 17.1. The fourth-order valence-corrected chi connectivity index (χ4v) is 8.91. The Morgan fingerprint density at radius 3 is 2.96 bits per heavy atom. The summed E-state index contributed by atoms with van der Waals surface area (Å²) in [5.41, 5.74) is 6.48. The molecule has 5 aliphatic heterocycles. The second-order valence-corrected chi connectivity index (χ2v) is 13.8. The molecule has 6 heterocycles. The lowest BCUT2D eigenvalue weighted by molar-refractivity contribution is 0.0216. The van der Waals surface area contributed by atoms with Gasteiger partial charge in [0.15, 0.2) is 11.6 Å². The van der Waals surface area contributed by atoms with Crippen LogP contribution in [0.15, 0.2) is 29.3 Å². The van der Waals surface area contributed by atoms with Gasteiger partial charge in [0.1, 0.15) is 42.2 Å². The third kappa shape index (κ3) is 4.52. The number of fused-ring (bicyclic) bond motifs is 2. The number of alkyl halides is 1. The predicted molar refractivity (Wildman–Crippen MR) is 170 cm³/mol. The molecule has 2 aromatic carbocycles. The van der Waals surface area contributed by atoms with Crippen molar-refractivity contribution in [3.8, 4) is 22.9 Å². The number of nitrogens with one attached hydrogen (secondary N) is 1. The van der Waals surface area contributed by atoms with Crippen LogP contribution >= 0.6 is 22.9 Å². The number of anilines is 2. The average Bonchev–Trinajstić information content (AvgIpc) is 3.66. The van der Waals surface area contributed by atoms with E-state index in [2.05, 4.69) is 10.2 Å². The number of ether oxygens (including phenoxy) is 3. The Morgan fingerprint density at radius 2 is 2.15 bits per heavy atom. The van der Waals surface area contributed by atoms with Crippen molar-refractivity contribution >= 4 is 49.5 Å². The largest absolute Gasteiger partial charge is 0.462 e. The van der Waals surface area contributed by atoms with Gasteiger partial charge in [-0.25, -0.2) is 18.2 Å². The predicted octanol–water partition coefficient (Wildman–Crippen LogP) is 6.35. The SMILES string of the molecule is N#Cc1c(N)sc2c(F)ccc(-c3c(F)c4c5c(c3Cl)NCN=C5N(C3CCCOC3)C=C(OC[C@@]35CCCN3C[C@H](F)C5)O4)c12. The molecule has 3 aromatic rings. The van der Waals surface area contributed by atoms with E-state index in [9.17, 15) is 14.0 Å². The number of nitriles is 1. The molecule has 0 radical (unpaired) electrons. The van der Waals surface area contributed by atoms with E-state index in [4.69, 9.17) is 36.5 Å². The van der Waals surface area contributed by atoms with E-state index < -0.39 is 23.3 Å². The highest BCUT2D eigenvalue weighted by Gasteiger charge is 2.50. The van der Waals surface area contributed by atoms with Gasteiger partial charge in [0.2, 0.25) is 0 Å². The summed E-state index contributed by atoms with van der Waals surface area (Å²) in [5.74, 6) is -1.12. The Bertz CT molecular complexity index is 1870. The molecule has 5 aliphatic rings. The number of nitrogens with two attached hydrogens (primary N) is 1. The van der Waals surface area contributed by atoms with E-state index in [-0.39, 0.29) is 67.8 Å². The van der Waals surface area contributed by atoms with Gasteiger partial charge in [-0.2, -0.15) is 5.26 Å². The van der Waals surface area contributed by atoms with E-state index in [1.807, 2.05) is 11.0 Å². The summed E-state index contributed by atoms with van der Waals surface area (Å²) in [6, 6.07) is 4.49. The first kappa shape index (κ1) is 29.7. The molecule has 1 unspecified atom stereocenters. The molecule has 9 nitrogen and oxygen atoms in total. The molecule has 3 saturated heterocycles. The van der Waals surface area contributed by atoms with Crippen LogP contribution in [0.1, 0.15) is 43.2 Å². The number of nitrogens with zero attached hydrogens (tertiary/aromatic N) is 4. The molecule has 3 N–H and O–H groups in total. The minimum absolute atomic E-state index is 0.0264. The minimum Gasteiger partial charge on any atom is -0.462 e. The number of nitrogen functional groups attached to an aromatic ring is 1. The van der Waals surface area contributed by atoms with Crippen LogP contribution in [0, 0.1) is 23.0 Å². The molecule has 0 aliphatic carbocycles. The molecule has 0 amide bonds. The molecule has 46 heavy (non-hydrogen) atoms. The highest BCUT2D eigenvalue weighted by Crippen LogP contribution is 2.51. The van der Waals surface area contributed by atoms with Gasteiger partial charge in [-0.05, 0) is 43.9 Å². The van der Waals surface area contributed by atoms with Crippen molar-refractivity contribution in [2.75, 3.05) is 50.6 Å². The standard InChI is InChI=1S/C32H30ClF3N6O3S/c33-25-23(18-4-5-20(35)29-22(18)19(10-37)30(38)46-29)26(36)28-24-27(25)39-15-40-31(24)42(17-3-1-8-43-13-17)12-21(45-28)44-14-32-6-2-7-41(32)11-16(34)9-32/h4-5,12,16-17,39H,1-3,6-9,11,13-15,38H2/t16-,17?,32+/m1/s1. The lowest BCUT2D eigenvalue weighted by Crippen LogP contribution is -2.44. The molecule has 240 valence electrons. The van der Waals surface area contributed by atoms with E-state index in [1.165, 1.54) is 12.1 Å². The van der Waals surface area contributed by atoms with Crippen LogP contribution in [-0.2, 0) is 9.47 Å². The van der Waals surface area contributed by atoms with Gasteiger partial charge in [0, 0.05) is 30.5 Å². The quantitative estimate of drug-likeness (QED) is 0.324. The number of rotatable bonds is 5. The monoisotopic (exact) mass is 670 g/mol. The third-order valence-corrected chi connectivity index (χ3v) is 11.1. The summed E-state index contributed by atoms with van der Waals surface area (Å²) in [5, 5.41) is 13.4. The van der Waals surface area contributed by atoms with Crippen molar-refractivity contribution in [3.05, 3.63) is 52.1 Å². The molecule has 1 aromatic heterocycles. The smallest absolute Gasteiger partial charge is 0.302 e. The zero-order chi connectivity index (χ0) is 31.7. The maximum Gasteiger partial charge on any atom is 0.302 e. The Morgan fingerprint density at radius 1 is 1.28 bits per heavy atom. The number of benzene rings is 2. The maximum absolute atomic E-state index is 17.1. The molecule has 14 heteroatoms. The molecule has 0 spiro atoms. The molecule has 0 saturated carbocycles. The lowest BCUT2D eigenvalue weighted by Gasteiger charge is -2.35. The van der Waals surface area contributed by atoms with Gasteiger partial charge in [0.25, 0.3) is 0 Å². The first-order chi connectivity index (χ1) is 22.3. The first-order valence-corrected chi connectivity index (χ1v) is 16.5. The lowest BCUT2D eigenvalue weighted by atomic mass is 9.94. The molecule has 0 bridgehead atoms. The normalized spacial score (nSPS) is 25.6. The van der Waals surface area contributed by atoms with Crippen LogP contribution < -0.4 is 15.8 Å². The van der Waals surface area contributed by atoms with Crippen molar-refractivity contribution in [1.82, 2.24) is 9.80 Å². The summed E-state index contributed by atoms with van der Waals surface area (Å²) in [6.45, 7) is 2.53. The summed E-state index contributed by atoms with van der Waals surface area (Å²) in [6.07, 6.45) is 4.45.